The number of fused-ring (bicyclic) bond motifs is 1. The fourth-order valence-corrected chi connectivity index (χ4v) is 8.35. The van der Waals surface area contributed by atoms with E-state index < -0.39 is 195 Å². The summed E-state index contributed by atoms with van der Waals surface area (Å²) < 4.78 is 342. The van der Waals surface area contributed by atoms with Crippen molar-refractivity contribution in [2.24, 2.45) is 0 Å². The van der Waals surface area contributed by atoms with Crippen molar-refractivity contribution in [3.8, 4) is 0 Å². The molecule has 0 radical (unpaired) electrons. The molecule has 1 heterocycles. The molecule has 0 amide bonds. The smallest absolute Gasteiger partial charge is 0.253 e. The normalized spacial score (nSPS) is 13.4. The molecule has 7 rings (SSSR count). The predicted molar refractivity (Wildman–Crippen MR) is 226 cm³/mol. The zero-order chi connectivity index (χ0) is 57.9. The Bertz CT molecular complexity index is 2880. The fourth-order valence-electron chi connectivity index (χ4n) is 8.35. The van der Waals surface area contributed by atoms with Crippen LogP contribution in [0.15, 0.2) is 140 Å². The van der Waals surface area contributed by atoms with Gasteiger partial charge in [-0.1, -0.05) is 97.1 Å². The fraction of sp³-hybridized carbons (Fsp3) is 0.188. The third-order valence-corrected chi connectivity index (χ3v) is 11.7. The van der Waals surface area contributed by atoms with Crippen molar-refractivity contribution in [1.29, 1.82) is 0 Å². The number of rotatable bonds is 7. The van der Waals surface area contributed by atoms with Gasteiger partial charge in [-0.25, -0.2) is 0 Å². The molecular weight excluding hydrogens is 1100 g/mol. The van der Waals surface area contributed by atoms with Crippen LogP contribution in [0.25, 0.3) is 10.8 Å². The molecule has 0 saturated carbocycles. The Morgan fingerprint density at radius 2 is 0.597 bits per heavy atom. The molecule has 4 nitrogen and oxygen atoms in total. The molecule has 77 heavy (non-hydrogen) atoms. The van der Waals surface area contributed by atoms with Crippen molar-refractivity contribution in [1.82, 2.24) is 0 Å². The van der Waals surface area contributed by atoms with Crippen LogP contribution in [0.2, 0.25) is 0 Å². The number of benzene rings is 6. The molecule has 0 aliphatic carbocycles. The third-order valence-electron chi connectivity index (χ3n) is 11.7. The third kappa shape index (κ3) is 13.2. The average molecular weight is 1130 g/mol. The van der Waals surface area contributed by atoms with E-state index >= 15 is 0 Å². The average Bonchev–Trinajstić information content (AvgIpc) is 3.29. The van der Waals surface area contributed by atoms with Crippen LogP contribution in [-0.2, 0) is 56.0 Å². The van der Waals surface area contributed by atoms with Gasteiger partial charge in [0.2, 0.25) is 0 Å². The Kier molecular flexibility index (Phi) is 15.4. The zero-order valence-corrected chi connectivity index (χ0v) is 37.3. The number of nitro groups is 1. The van der Waals surface area contributed by atoms with E-state index in [0.29, 0.717) is 6.54 Å². The van der Waals surface area contributed by atoms with Gasteiger partial charge in [-0.3, -0.25) is 10.1 Å². The first-order chi connectivity index (χ1) is 35.0. The van der Waals surface area contributed by atoms with Gasteiger partial charge in [-0.05, 0) is 30.3 Å². The van der Waals surface area contributed by atoms with E-state index in [-0.39, 0.29) is 10.7 Å². The molecule has 0 fully saturated rings. The first-order valence-electron chi connectivity index (χ1n) is 21.0. The number of hydrogen-bond acceptors (Lipinski definition) is 2. The summed E-state index contributed by atoms with van der Waals surface area (Å²) in [4.78, 5) is 10.9. The maximum absolute atomic E-state index is 14.2. The van der Waals surface area contributed by atoms with Gasteiger partial charge >= 0.3 is 55.2 Å². The lowest BCUT2D eigenvalue weighted by molar-refractivity contribution is -0.728. The van der Waals surface area contributed by atoms with Crippen molar-refractivity contribution in [2.75, 3.05) is 0 Å². The molecule has 29 heteroatoms. The van der Waals surface area contributed by atoms with E-state index in [0.717, 1.165) is 16.3 Å². The van der Waals surface area contributed by atoms with Gasteiger partial charge in [0.1, 0.15) is 11.1 Å². The standard InChI is InChI=1S/C32H12BF24.C16H13N2O2/c34-25(35,36)13-1-14(26(37,38)39)6-21(5-13)33(22-7-15(27(40,41)42)2-16(8-22)28(43,44)45,23-9-17(29(46,47)48)3-18(10-23)30(49,50)51)24-11-19(31(52,53)54)4-20(12-24)32(55,56)57;19-18(20)16-10-14-8-4-5-9-15(14)12-17(16)11-13-6-2-1-3-7-13/h1-12H;1-10,12H,11H2/q-1;+1. The van der Waals surface area contributed by atoms with Gasteiger partial charge in [0.25, 0.3) is 0 Å². The Balaban J connectivity index is 0.000000397. The molecule has 1 aromatic heterocycles. The Labute approximate surface area is 414 Å². The number of nitrogens with zero attached hydrogens (tertiary/aromatic N) is 2. The van der Waals surface area contributed by atoms with Crippen LogP contribution in [0, 0.1) is 10.1 Å². The van der Waals surface area contributed by atoms with Gasteiger partial charge in [-0.2, -0.15) is 127 Å². The van der Waals surface area contributed by atoms with E-state index in [4.69, 9.17) is 0 Å². The largest absolute Gasteiger partial charge is 0.502 e. The summed E-state index contributed by atoms with van der Waals surface area (Å²) in [5.41, 5.74) is -29.2. The van der Waals surface area contributed by atoms with Gasteiger partial charge in [0, 0.05) is 16.3 Å². The van der Waals surface area contributed by atoms with Crippen LogP contribution in [0.5, 0.6) is 0 Å². The number of pyridine rings is 1. The highest BCUT2D eigenvalue weighted by Crippen LogP contribution is 2.41. The number of alkyl halides is 24. The summed E-state index contributed by atoms with van der Waals surface area (Å²) in [5, 5.41) is 13.1. The van der Waals surface area contributed by atoms with Crippen LogP contribution < -0.4 is 26.4 Å². The van der Waals surface area contributed by atoms with Crippen molar-refractivity contribution in [2.45, 2.75) is 56.0 Å². The molecule has 0 aliphatic heterocycles. The molecule has 6 aromatic carbocycles. The minimum Gasteiger partial charge on any atom is -0.253 e. The second-order valence-corrected chi connectivity index (χ2v) is 16.9. The molecule has 410 valence electrons. The van der Waals surface area contributed by atoms with E-state index in [9.17, 15) is 115 Å². The second kappa shape index (κ2) is 20.1. The van der Waals surface area contributed by atoms with Crippen LogP contribution in [0.1, 0.15) is 50.1 Å². The lowest BCUT2D eigenvalue weighted by atomic mass is 9.12. The quantitative estimate of drug-likeness (QED) is 0.0525. The SMILES string of the molecule is FC(F)(F)c1cc([B-](c2cc(C(F)(F)F)cc(C(F)(F)F)c2)(c2cc(C(F)(F)F)cc(C(F)(F)F)c2)c2cc(C(F)(F)F)cc(C(F)(F)F)c2)cc(C(F)(F)F)c1.O=[N+]([O-])c1cc2ccccc2c[n+]1Cc1ccccc1. The number of halogens is 24. The van der Waals surface area contributed by atoms with Crippen LogP contribution in [0.3, 0.4) is 0 Å². The van der Waals surface area contributed by atoms with Gasteiger partial charge in [0.15, 0.2) is 12.7 Å². The van der Waals surface area contributed by atoms with E-state index in [1.807, 2.05) is 60.8 Å². The molecular formula is C48H25BF24N2O2. The predicted octanol–water partition coefficient (Wildman–Crippen LogP) is 14.3. The molecule has 0 bridgehead atoms. The summed E-state index contributed by atoms with van der Waals surface area (Å²) in [5.74, 6) is 0.104. The highest BCUT2D eigenvalue weighted by Gasteiger charge is 2.47. The van der Waals surface area contributed by atoms with E-state index in [1.165, 1.54) is 0 Å². The van der Waals surface area contributed by atoms with Crippen LogP contribution in [-0.4, -0.2) is 11.1 Å². The minimum atomic E-state index is -6.13. The number of hydrogen-bond donors (Lipinski definition) is 0. The molecule has 0 saturated heterocycles. The molecule has 0 atom stereocenters. The molecule has 0 N–H and O–H groups in total. The monoisotopic (exact) mass is 1130 g/mol. The van der Waals surface area contributed by atoms with Crippen molar-refractivity contribution in [3.05, 3.63) is 200 Å². The maximum Gasteiger partial charge on any atom is 0.502 e. The highest BCUT2D eigenvalue weighted by molar-refractivity contribution is 7.20. The maximum atomic E-state index is 14.2. The molecule has 0 unspecified atom stereocenters. The molecule has 7 aromatic rings. The minimum absolute atomic E-state index is 0.104. The summed E-state index contributed by atoms with van der Waals surface area (Å²) in [6, 6.07) is 10.2. The molecule has 0 spiro atoms. The van der Waals surface area contributed by atoms with Crippen molar-refractivity contribution in [3.63, 3.8) is 0 Å². The second-order valence-electron chi connectivity index (χ2n) is 16.9. The lowest BCUT2D eigenvalue weighted by Gasteiger charge is -2.46. The van der Waals surface area contributed by atoms with Crippen LogP contribution >= 0.6 is 0 Å². The zero-order valence-electron chi connectivity index (χ0n) is 37.3. The summed E-state index contributed by atoms with van der Waals surface area (Å²) in [7, 11) is 0. The Hall–Kier alpha value is -7.49. The Morgan fingerprint density at radius 3 is 0.844 bits per heavy atom. The lowest BCUT2D eigenvalue weighted by Crippen LogP contribution is -2.75. The van der Waals surface area contributed by atoms with Gasteiger partial charge in [-0.15, -0.1) is 4.57 Å². The van der Waals surface area contributed by atoms with E-state index in [2.05, 4.69) is 0 Å². The summed E-state index contributed by atoms with van der Waals surface area (Å²) in [6.07, 6.45) is -53.0. The van der Waals surface area contributed by atoms with Crippen molar-refractivity contribution >= 4 is 44.6 Å². The Morgan fingerprint density at radius 1 is 0.351 bits per heavy atom. The van der Waals surface area contributed by atoms with Gasteiger partial charge in [0.05, 0.1) is 50.6 Å². The highest BCUT2D eigenvalue weighted by atomic mass is 19.4. The van der Waals surface area contributed by atoms with E-state index in [1.54, 1.807) is 10.6 Å². The number of aromatic nitrogens is 1. The first-order valence-corrected chi connectivity index (χ1v) is 21.0. The topological polar surface area (TPSA) is 47.0 Å². The summed E-state index contributed by atoms with van der Waals surface area (Å²) in [6.45, 7) is 0.488. The van der Waals surface area contributed by atoms with Crippen LogP contribution in [0.4, 0.5) is 111 Å². The van der Waals surface area contributed by atoms with Crippen molar-refractivity contribution < 1.29 is 115 Å². The summed E-state index contributed by atoms with van der Waals surface area (Å²) >= 11 is 0. The first kappa shape index (κ1) is 58.8. The van der Waals surface area contributed by atoms with Gasteiger partial charge < -0.3 is 0 Å². The molecule has 0 aliphatic rings.